The Kier molecular flexibility index (Phi) is 3.94. The lowest BCUT2D eigenvalue weighted by Gasteiger charge is -2.02. The highest BCUT2D eigenvalue weighted by Crippen LogP contribution is 2.10. The Morgan fingerprint density at radius 1 is 1.28 bits per heavy atom. The lowest BCUT2D eigenvalue weighted by Crippen LogP contribution is -2.14. The summed E-state index contributed by atoms with van der Waals surface area (Å²) in [6, 6.07) is 7.95. The first-order valence-corrected chi connectivity index (χ1v) is 5.89. The van der Waals surface area contributed by atoms with Crippen LogP contribution in [-0.2, 0) is 20.1 Å². The summed E-state index contributed by atoms with van der Waals surface area (Å²) in [5.74, 6) is 0.764. The van der Waals surface area contributed by atoms with Crippen LogP contribution in [0.25, 0.3) is 0 Å². The molecule has 2 aromatic heterocycles. The summed E-state index contributed by atoms with van der Waals surface area (Å²) in [6.07, 6.45) is 0. The molecule has 2 aromatic rings. The predicted octanol–water partition coefficient (Wildman–Crippen LogP) is 1.42. The largest absolute Gasteiger partial charge is 0.481 e. The fourth-order valence-electron chi connectivity index (χ4n) is 1.80. The van der Waals surface area contributed by atoms with E-state index in [2.05, 4.69) is 15.4 Å². The van der Waals surface area contributed by atoms with Crippen LogP contribution in [0, 0.1) is 6.92 Å². The van der Waals surface area contributed by atoms with Crippen LogP contribution in [0.5, 0.6) is 5.88 Å². The maximum Gasteiger partial charge on any atom is 0.211 e. The van der Waals surface area contributed by atoms with Crippen LogP contribution >= 0.6 is 0 Å². The Bertz CT molecular complexity index is 521. The van der Waals surface area contributed by atoms with Crippen molar-refractivity contribution in [3.63, 3.8) is 0 Å². The standard InChI is InChI=1S/C13H18N4O/c1-10-5-4-6-11(15-10)8-14-9-12-7-13(18-3)17(2)16-12/h4-7,14H,8-9H2,1-3H3. The predicted molar refractivity (Wildman–Crippen MR) is 69.3 cm³/mol. The quantitative estimate of drug-likeness (QED) is 0.867. The van der Waals surface area contributed by atoms with Crippen LogP contribution < -0.4 is 10.1 Å². The molecule has 0 aliphatic heterocycles. The van der Waals surface area contributed by atoms with E-state index in [1.54, 1.807) is 11.8 Å². The fraction of sp³-hybridized carbons (Fsp3) is 0.385. The van der Waals surface area contributed by atoms with Gasteiger partial charge in [0.05, 0.1) is 18.5 Å². The molecule has 0 amide bonds. The molecule has 0 bridgehead atoms. The zero-order valence-electron chi connectivity index (χ0n) is 11.0. The van der Waals surface area contributed by atoms with Crippen molar-refractivity contribution in [2.45, 2.75) is 20.0 Å². The maximum atomic E-state index is 5.17. The number of methoxy groups -OCH3 is 1. The minimum absolute atomic E-state index is 0.701. The zero-order chi connectivity index (χ0) is 13.0. The third-order valence-electron chi connectivity index (χ3n) is 2.65. The fourth-order valence-corrected chi connectivity index (χ4v) is 1.80. The number of aromatic nitrogens is 3. The summed E-state index contributed by atoms with van der Waals surface area (Å²) in [5, 5.41) is 7.65. The second kappa shape index (κ2) is 5.64. The Morgan fingerprint density at radius 2 is 2.06 bits per heavy atom. The molecule has 2 heterocycles. The van der Waals surface area contributed by atoms with E-state index < -0.39 is 0 Å². The van der Waals surface area contributed by atoms with Gasteiger partial charge in [0.1, 0.15) is 0 Å². The first-order valence-electron chi connectivity index (χ1n) is 5.89. The number of hydrogen-bond donors (Lipinski definition) is 1. The first kappa shape index (κ1) is 12.6. The lowest BCUT2D eigenvalue weighted by molar-refractivity contribution is 0.373. The Labute approximate surface area is 107 Å². The molecule has 0 saturated heterocycles. The highest BCUT2D eigenvalue weighted by atomic mass is 16.5. The van der Waals surface area contributed by atoms with E-state index in [1.807, 2.05) is 38.2 Å². The SMILES string of the molecule is COc1cc(CNCc2cccc(C)n2)nn1C. The number of hydrogen-bond acceptors (Lipinski definition) is 4. The topological polar surface area (TPSA) is 52.0 Å². The van der Waals surface area contributed by atoms with Gasteiger partial charge in [0, 0.05) is 31.9 Å². The number of nitrogens with zero attached hydrogens (tertiary/aromatic N) is 3. The van der Waals surface area contributed by atoms with Gasteiger partial charge in [0.15, 0.2) is 0 Å². The van der Waals surface area contributed by atoms with Gasteiger partial charge in [-0.1, -0.05) is 6.07 Å². The van der Waals surface area contributed by atoms with Gasteiger partial charge < -0.3 is 10.1 Å². The summed E-state index contributed by atoms with van der Waals surface area (Å²) < 4.78 is 6.89. The maximum absolute atomic E-state index is 5.17. The Morgan fingerprint density at radius 3 is 2.72 bits per heavy atom. The van der Waals surface area contributed by atoms with E-state index in [0.29, 0.717) is 6.54 Å². The van der Waals surface area contributed by atoms with Crippen molar-refractivity contribution in [3.8, 4) is 5.88 Å². The molecule has 1 N–H and O–H groups in total. The highest BCUT2D eigenvalue weighted by molar-refractivity contribution is 5.16. The van der Waals surface area contributed by atoms with Crippen molar-refractivity contribution in [3.05, 3.63) is 41.3 Å². The lowest BCUT2D eigenvalue weighted by atomic mass is 10.3. The molecular weight excluding hydrogens is 228 g/mol. The summed E-state index contributed by atoms with van der Waals surface area (Å²) in [5.41, 5.74) is 3.04. The van der Waals surface area contributed by atoms with Gasteiger partial charge in [-0.3, -0.25) is 4.98 Å². The number of aryl methyl sites for hydroxylation is 2. The summed E-state index contributed by atoms with van der Waals surface area (Å²) in [4.78, 5) is 4.43. The van der Waals surface area contributed by atoms with Crippen LogP contribution in [0.2, 0.25) is 0 Å². The molecule has 0 unspecified atom stereocenters. The molecule has 0 spiro atoms. The molecule has 96 valence electrons. The molecule has 2 rings (SSSR count). The smallest absolute Gasteiger partial charge is 0.211 e. The van der Waals surface area contributed by atoms with Gasteiger partial charge in [-0.15, -0.1) is 0 Å². The van der Waals surface area contributed by atoms with Crippen molar-refractivity contribution in [2.75, 3.05) is 7.11 Å². The van der Waals surface area contributed by atoms with E-state index in [-0.39, 0.29) is 0 Å². The molecule has 0 fully saturated rings. The van der Waals surface area contributed by atoms with Crippen molar-refractivity contribution in [1.29, 1.82) is 0 Å². The van der Waals surface area contributed by atoms with E-state index in [0.717, 1.165) is 29.5 Å². The number of pyridine rings is 1. The molecule has 0 saturated carbocycles. The number of ether oxygens (including phenoxy) is 1. The van der Waals surface area contributed by atoms with Crippen LogP contribution in [-0.4, -0.2) is 21.9 Å². The van der Waals surface area contributed by atoms with E-state index in [9.17, 15) is 0 Å². The van der Waals surface area contributed by atoms with Gasteiger partial charge >= 0.3 is 0 Å². The molecule has 5 heteroatoms. The number of nitrogens with one attached hydrogen (secondary N) is 1. The third kappa shape index (κ3) is 3.07. The van der Waals surface area contributed by atoms with Gasteiger partial charge in [-0.25, -0.2) is 4.68 Å². The molecule has 18 heavy (non-hydrogen) atoms. The van der Waals surface area contributed by atoms with Gasteiger partial charge in [0.2, 0.25) is 5.88 Å². The molecular formula is C13H18N4O. The van der Waals surface area contributed by atoms with Crippen LogP contribution in [0.4, 0.5) is 0 Å². The van der Waals surface area contributed by atoms with Crippen LogP contribution in [0.1, 0.15) is 17.1 Å². The number of rotatable bonds is 5. The van der Waals surface area contributed by atoms with Crippen molar-refractivity contribution in [2.24, 2.45) is 7.05 Å². The zero-order valence-corrected chi connectivity index (χ0v) is 11.0. The van der Waals surface area contributed by atoms with Crippen molar-refractivity contribution < 1.29 is 4.74 Å². The minimum atomic E-state index is 0.701. The molecule has 5 nitrogen and oxygen atoms in total. The molecule has 0 aliphatic rings. The summed E-state index contributed by atoms with van der Waals surface area (Å²) in [6.45, 7) is 3.43. The van der Waals surface area contributed by atoms with Crippen molar-refractivity contribution in [1.82, 2.24) is 20.1 Å². The summed E-state index contributed by atoms with van der Waals surface area (Å²) in [7, 11) is 3.51. The Hall–Kier alpha value is -1.88. The van der Waals surface area contributed by atoms with Gasteiger partial charge in [-0.05, 0) is 19.1 Å². The van der Waals surface area contributed by atoms with Gasteiger partial charge in [0.25, 0.3) is 0 Å². The molecule has 0 atom stereocenters. The minimum Gasteiger partial charge on any atom is -0.481 e. The van der Waals surface area contributed by atoms with E-state index >= 15 is 0 Å². The van der Waals surface area contributed by atoms with Gasteiger partial charge in [-0.2, -0.15) is 5.10 Å². The molecule has 0 aliphatic carbocycles. The highest BCUT2D eigenvalue weighted by Gasteiger charge is 2.04. The third-order valence-corrected chi connectivity index (χ3v) is 2.65. The second-order valence-electron chi connectivity index (χ2n) is 4.18. The summed E-state index contributed by atoms with van der Waals surface area (Å²) >= 11 is 0. The van der Waals surface area contributed by atoms with Crippen molar-refractivity contribution >= 4 is 0 Å². The van der Waals surface area contributed by atoms with E-state index in [1.165, 1.54) is 0 Å². The Balaban J connectivity index is 1.88. The monoisotopic (exact) mass is 246 g/mol. The molecule has 0 aromatic carbocycles. The second-order valence-corrected chi connectivity index (χ2v) is 4.18. The van der Waals surface area contributed by atoms with Crippen LogP contribution in [0.15, 0.2) is 24.3 Å². The normalized spacial score (nSPS) is 10.6. The average molecular weight is 246 g/mol. The van der Waals surface area contributed by atoms with Crippen LogP contribution in [0.3, 0.4) is 0 Å². The molecule has 0 radical (unpaired) electrons. The average Bonchev–Trinajstić information content (AvgIpc) is 2.70. The first-order chi connectivity index (χ1) is 8.69. The van der Waals surface area contributed by atoms with E-state index in [4.69, 9.17) is 4.74 Å².